The Morgan fingerprint density at radius 3 is 2.71 bits per heavy atom. The molecule has 0 aliphatic heterocycles. The Morgan fingerprint density at radius 1 is 1.29 bits per heavy atom. The van der Waals surface area contributed by atoms with Crippen LogP contribution < -0.4 is 10.0 Å². The van der Waals surface area contributed by atoms with E-state index in [2.05, 4.69) is 15.2 Å². The number of hydrogen-bond donors (Lipinski definition) is 2. The average Bonchev–Trinajstić information content (AvgIpc) is 2.97. The van der Waals surface area contributed by atoms with Gasteiger partial charge in [-0.15, -0.1) is 0 Å². The van der Waals surface area contributed by atoms with E-state index in [1.165, 1.54) is 18.3 Å². The van der Waals surface area contributed by atoms with Crippen LogP contribution in [-0.2, 0) is 23.1 Å². The van der Waals surface area contributed by atoms with Crippen LogP contribution in [0.5, 0.6) is 0 Å². The molecule has 114 valence electrons. The highest BCUT2D eigenvalue weighted by Gasteiger charge is 2.16. The molecule has 2 rings (SSSR count). The predicted octanol–water partition coefficient (Wildman–Crippen LogP) is 1.92. The van der Waals surface area contributed by atoms with Gasteiger partial charge in [-0.25, -0.2) is 13.1 Å². The second-order valence-corrected chi connectivity index (χ2v) is 6.51. The van der Waals surface area contributed by atoms with E-state index in [-0.39, 0.29) is 11.4 Å². The first-order chi connectivity index (χ1) is 10.0. The minimum atomic E-state index is -3.64. The molecule has 0 spiro atoms. The molecule has 0 radical (unpaired) electrons. The maximum atomic E-state index is 12.2. The number of aromatic nitrogens is 1. The zero-order valence-electron chi connectivity index (χ0n) is 11.5. The van der Waals surface area contributed by atoms with E-state index in [9.17, 15) is 8.42 Å². The van der Waals surface area contributed by atoms with Crippen LogP contribution in [0, 0.1) is 0 Å². The molecule has 0 saturated heterocycles. The number of benzene rings is 1. The molecule has 1 aromatic heterocycles. The fraction of sp³-hybridized carbons (Fsp3) is 0.308. The van der Waals surface area contributed by atoms with Crippen LogP contribution >= 0.6 is 11.6 Å². The number of halogens is 1. The molecule has 2 aromatic rings. The summed E-state index contributed by atoms with van der Waals surface area (Å²) in [6.07, 6.45) is 1.45. The summed E-state index contributed by atoms with van der Waals surface area (Å²) in [5, 5.41) is 7.07. The maximum Gasteiger partial charge on any atom is 0.241 e. The topological polar surface area (TPSA) is 84.2 Å². The summed E-state index contributed by atoms with van der Waals surface area (Å²) in [7, 11) is -3.64. The Kier molecular flexibility index (Phi) is 5.35. The molecule has 6 nitrogen and oxygen atoms in total. The van der Waals surface area contributed by atoms with Gasteiger partial charge >= 0.3 is 0 Å². The molecule has 2 N–H and O–H groups in total. The summed E-state index contributed by atoms with van der Waals surface area (Å²) in [4.78, 5) is 0.118. The van der Waals surface area contributed by atoms with Crippen LogP contribution in [0.3, 0.4) is 0 Å². The van der Waals surface area contributed by atoms with E-state index in [0.29, 0.717) is 17.3 Å². The SMILES string of the molecule is CCNCc1ccc(S(=O)(=O)NCc2ccno2)cc1Cl. The molecule has 0 fully saturated rings. The normalized spacial score (nSPS) is 11.7. The lowest BCUT2D eigenvalue weighted by atomic mass is 10.2. The van der Waals surface area contributed by atoms with Crippen LogP contribution in [0.1, 0.15) is 18.2 Å². The fourth-order valence-corrected chi connectivity index (χ4v) is 3.01. The van der Waals surface area contributed by atoms with Gasteiger partial charge in [0, 0.05) is 17.6 Å². The van der Waals surface area contributed by atoms with Crippen molar-refractivity contribution in [3.63, 3.8) is 0 Å². The van der Waals surface area contributed by atoms with E-state index >= 15 is 0 Å². The maximum absolute atomic E-state index is 12.2. The van der Waals surface area contributed by atoms with Crippen molar-refractivity contribution in [1.82, 2.24) is 15.2 Å². The summed E-state index contributed by atoms with van der Waals surface area (Å²) in [6, 6.07) is 6.27. The Balaban J connectivity index is 2.10. The molecule has 0 bridgehead atoms. The summed E-state index contributed by atoms with van der Waals surface area (Å²) >= 11 is 6.11. The molecule has 0 unspecified atom stereocenters. The highest BCUT2D eigenvalue weighted by Crippen LogP contribution is 2.21. The molecule has 0 saturated carbocycles. The van der Waals surface area contributed by atoms with E-state index in [0.717, 1.165) is 12.1 Å². The van der Waals surface area contributed by atoms with E-state index in [1.807, 2.05) is 6.92 Å². The molecular formula is C13H16ClN3O3S. The van der Waals surface area contributed by atoms with Crippen molar-refractivity contribution in [1.29, 1.82) is 0 Å². The lowest BCUT2D eigenvalue weighted by molar-refractivity contribution is 0.380. The van der Waals surface area contributed by atoms with Gasteiger partial charge in [-0.05, 0) is 24.2 Å². The van der Waals surface area contributed by atoms with Crippen molar-refractivity contribution in [3.05, 3.63) is 46.8 Å². The molecular weight excluding hydrogens is 314 g/mol. The third kappa shape index (κ3) is 4.28. The molecule has 21 heavy (non-hydrogen) atoms. The van der Waals surface area contributed by atoms with Crippen molar-refractivity contribution in [3.8, 4) is 0 Å². The van der Waals surface area contributed by atoms with Gasteiger partial charge in [0.1, 0.15) is 0 Å². The Bertz CT molecular complexity index is 687. The lowest BCUT2D eigenvalue weighted by Gasteiger charge is -2.09. The molecule has 1 aromatic carbocycles. The Morgan fingerprint density at radius 2 is 2.10 bits per heavy atom. The van der Waals surface area contributed by atoms with Gasteiger partial charge in [0.25, 0.3) is 0 Å². The quantitative estimate of drug-likeness (QED) is 0.810. The van der Waals surface area contributed by atoms with Crippen LogP contribution in [0.4, 0.5) is 0 Å². The molecule has 0 atom stereocenters. The number of nitrogens with zero attached hydrogens (tertiary/aromatic N) is 1. The lowest BCUT2D eigenvalue weighted by Crippen LogP contribution is -2.23. The van der Waals surface area contributed by atoms with Crippen LogP contribution in [-0.4, -0.2) is 20.1 Å². The largest absolute Gasteiger partial charge is 0.360 e. The van der Waals surface area contributed by atoms with Gasteiger partial charge < -0.3 is 9.84 Å². The average molecular weight is 330 g/mol. The number of hydrogen-bond acceptors (Lipinski definition) is 5. The van der Waals surface area contributed by atoms with E-state index in [1.54, 1.807) is 12.1 Å². The molecule has 8 heteroatoms. The van der Waals surface area contributed by atoms with Gasteiger partial charge in [0.15, 0.2) is 5.76 Å². The van der Waals surface area contributed by atoms with Gasteiger partial charge in [-0.3, -0.25) is 0 Å². The zero-order chi connectivity index (χ0) is 15.3. The van der Waals surface area contributed by atoms with Crippen molar-refractivity contribution < 1.29 is 12.9 Å². The van der Waals surface area contributed by atoms with Crippen molar-refractivity contribution in [2.75, 3.05) is 6.54 Å². The second kappa shape index (κ2) is 7.04. The van der Waals surface area contributed by atoms with Crippen molar-refractivity contribution in [2.24, 2.45) is 0 Å². The van der Waals surface area contributed by atoms with Crippen molar-refractivity contribution >= 4 is 21.6 Å². The van der Waals surface area contributed by atoms with Gasteiger partial charge in [-0.2, -0.15) is 0 Å². The highest BCUT2D eigenvalue weighted by molar-refractivity contribution is 7.89. The van der Waals surface area contributed by atoms with Gasteiger partial charge in [0.05, 0.1) is 17.6 Å². The van der Waals surface area contributed by atoms with Gasteiger partial charge in [0.2, 0.25) is 10.0 Å². The monoisotopic (exact) mass is 329 g/mol. The Hall–Kier alpha value is -1.41. The summed E-state index contributed by atoms with van der Waals surface area (Å²) < 4.78 is 31.6. The standard InChI is InChI=1S/C13H16ClN3O3S/c1-2-15-8-10-3-4-12(7-13(10)14)21(18,19)17-9-11-5-6-16-20-11/h3-7,15,17H,2,8-9H2,1H3. The first kappa shape index (κ1) is 16.0. The molecule has 0 amide bonds. The fourth-order valence-electron chi connectivity index (χ4n) is 1.68. The highest BCUT2D eigenvalue weighted by atomic mass is 35.5. The van der Waals surface area contributed by atoms with Crippen molar-refractivity contribution in [2.45, 2.75) is 24.9 Å². The zero-order valence-corrected chi connectivity index (χ0v) is 13.0. The first-order valence-electron chi connectivity index (χ1n) is 6.41. The van der Waals surface area contributed by atoms with E-state index < -0.39 is 10.0 Å². The summed E-state index contributed by atoms with van der Waals surface area (Å²) in [6.45, 7) is 3.44. The third-order valence-electron chi connectivity index (χ3n) is 2.83. The predicted molar refractivity (Wildman–Crippen MR) is 79.4 cm³/mol. The number of nitrogens with one attached hydrogen (secondary N) is 2. The minimum Gasteiger partial charge on any atom is -0.360 e. The number of sulfonamides is 1. The summed E-state index contributed by atoms with van der Waals surface area (Å²) in [5.41, 5.74) is 0.854. The van der Waals surface area contributed by atoms with Gasteiger partial charge in [-0.1, -0.05) is 29.7 Å². The molecule has 1 heterocycles. The van der Waals surface area contributed by atoms with E-state index in [4.69, 9.17) is 16.1 Å². The first-order valence-corrected chi connectivity index (χ1v) is 8.27. The Labute approximate surface area is 128 Å². The molecule has 0 aliphatic rings. The summed E-state index contributed by atoms with van der Waals surface area (Å²) in [5.74, 6) is 0.438. The van der Waals surface area contributed by atoms with Crippen LogP contribution in [0.2, 0.25) is 5.02 Å². The smallest absolute Gasteiger partial charge is 0.241 e. The molecule has 0 aliphatic carbocycles. The third-order valence-corrected chi connectivity index (χ3v) is 4.58. The minimum absolute atomic E-state index is 0.0408. The van der Waals surface area contributed by atoms with Crippen LogP contribution in [0.15, 0.2) is 39.9 Å². The second-order valence-electron chi connectivity index (χ2n) is 4.34. The number of rotatable bonds is 7. The van der Waals surface area contributed by atoms with Crippen LogP contribution in [0.25, 0.3) is 0 Å².